The van der Waals surface area contributed by atoms with Crippen molar-refractivity contribution in [3.8, 4) is 0 Å². The van der Waals surface area contributed by atoms with Crippen LogP contribution in [0.3, 0.4) is 0 Å². The molecule has 3 amide bonds. The molecule has 0 bridgehead atoms. The van der Waals surface area contributed by atoms with Crippen LogP contribution in [0.2, 0.25) is 0 Å². The van der Waals surface area contributed by atoms with E-state index in [0.717, 1.165) is 22.2 Å². The highest BCUT2D eigenvalue weighted by Gasteiger charge is 2.41. The van der Waals surface area contributed by atoms with Crippen LogP contribution in [0.25, 0.3) is 0 Å². The maximum atomic E-state index is 13.0. The first-order chi connectivity index (χ1) is 12.0. The fraction of sp³-hybridized carbons (Fsp3) is 0.167. The monoisotopic (exact) mass is 358 g/mol. The predicted molar refractivity (Wildman–Crippen MR) is 95.1 cm³/mol. The number of halogens is 1. The van der Waals surface area contributed by atoms with Crippen LogP contribution in [0.15, 0.2) is 48.5 Å². The standard InChI is InChI=1S/C18H15FN2O3S/c1-11-4-2-3-5-14(11)20-16(22)10-15-17(23)21(18(24)25-15)13-8-6-12(19)7-9-13/h2-9,15H,10H2,1H3,(H,20,22)/t15-/m0/s1. The second-order valence-corrected chi connectivity index (χ2v) is 6.74. The smallest absolute Gasteiger partial charge is 0.293 e. The number of benzene rings is 2. The van der Waals surface area contributed by atoms with E-state index in [9.17, 15) is 18.8 Å². The Morgan fingerprint density at radius 2 is 1.84 bits per heavy atom. The van der Waals surface area contributed by atoms with Gasteiger partial charge in [0.15, 0.2) is 0 Å². The van der Waals surface area contributed by atoms with Crippen molar-refractivity contribution in [1.29, 1.82) is 0 Å². The summed E-state index contributed by atoms with van der Waals surface area (Å²) in [6, 6.07) is 12.4. The van der Waals surface area contributed by atoms with E-state index in [0.29, 0.717) is 11.4 Å². The minimum atomic E-state index is -0.790. The number of rotatable bonds is 4. The van der Waals surface area contributed by atoms with E-state index in [1.54, 1.807) is 12.1 Å². The summed E-state index contributed by atoms with van der Waals surface area (Å²) in [4.78, 5) is 37.8. The van der Waals surface area contributed by atoms with Gasteiger partial charge in [-0.25, -0.2) is 9.29 Å². The van der Waals surface area contributed by atoms with E-state index in [1.807, 2.05) is 19.1 Å². The molecular weight excluding hydrogens is 343 g/mol. The maximum Gasteiger partial charge on any atom is 0.293 e. The SMILES string of the molecule is Cc1ccccc1NC(=O)C[C@@H]1SC(=O)N(c2ccc(F)cc2)C1=O. The first-order valence-electron chi connectivity index (χ1n) is 7.61. The predicted octanol–water partition coefficient (Wildman–Crippen LogP) is 3.73. The molecule has 1 atom stereocenters. The second kappa shape index (κ2) is 7.06. The van der Waals surface area contributed by atoms with Crippen molar-refractivity contribution < 1.29 is 18.8 Å². The van der Waals surface area contributed by atoms with Crippen molar-refractivity contribution in [3.63, 3.8) is 0 Å². The largest absolute Gasteiger partial charge is 0.326 e. The molecule has 25 heavy (non-hydrogen) atoms. The van der Waals surface area contributed by atoms with Gasteiger partial charge in [-0.1, -0.05) is 18.2 Å². The van der Waals surface area contributed by atoms with E-state index in [1.165, 1.54) is 24.3 Å². The van der Waals surface area contributed by atoms with Crippen LogP contribution in [-0.2, 0) is 9.59 Å². The molecule has 1 saturated heterocycles. The van der Waals surface area contributed by atoms with Crippen molar-refractivity contribution in [2.24, 2.45) is 0 Å². The zero-order valence-electron chi connectivity index (χ0n) is 13.4. The molecule has 7 heteroatoms. The van der Waals surface area contributed by atoms with E-state index in [-0.39, 0.29) is 12.3 Å². The van der Waals surface area contributed by atoms with Gasteiger partial charge in [0.2, 0.25) is 11.8 Å². The number of amides is 3. The quantitative estimate of drug-likeness (QED) is 0.904. The van der Waals surface area contributed by atoms with Gasteiger partial charge in [0, 0.05) is 12.1 Å². The number of carbonyl (C=O) groups excluding carboxylic acids is 3. The van der Waals surface area contributed by atoms with Crippen molar-refractivity contribution >= 4 is 40.2 Å². The van der Waals surface area contributed by atoms with Crippen LogP contribution in [0.4, 0.5) is 20.6 Å². The third-order valence-corrected chi connectivity index (χ3v) is 4.83. The molecular formula is C18H15FN2O3S. The normalized spacial score (nSPS) is 17.0. The Balaban J connectivity index is 1.69. The topological polar surface area (TPSA) is 66.5 Å². The summed E-state index contributed by atoms with van der Waals surface area (Å²) in [5.74, 6) is -1.26. The van der Waals surface area contributed by atoms with Crippen LogP contribution in [0.1, 0.15) is 12.0 Å². The summed E-state index contributed by atoms with van der Waals surface area (Å²) in [5.41, 5.74) is 1.88. The van der Waals surface area contributed by atoms with Gasteiger partial charge in [-0.3, -0.25) is 14.4 Å². The highest BCUT2D eigenvalue weighted by atomic mass is 32.2. The van der Waals surface area contributed by atoms with Crippen LogP contribution < -0.4 is 10.2 Å². The number of carbonyl (C=O) groups is 3. The third-order valence-electron chi connectivity index (χ3n) is 3.80. The molecule has 0 aliphatic carbocycles. The molecule has 0 aromatic heterocycles. The Labute approximate surface area is 148 Å². The number of nitrogens with one attached hydrogen (secondary N) is 1. The molecule has 0 saturated carbocycles. The average Bonchev–Trinajstić information content (AvgIpc) is 2.84. The molecule has 3 rings (SSSR count). The zero-order valence-corrected chi connectivity index (χ0v) is 14.2. The number of thioether (sulfide) groups is 1. The van der Waals surface area contributed by atoms with E-state index >= 15 is 0 Å². The van der Waals surface area contributed by atoms with Gasteiger partial charge in [0.25, 0.3) is 5.24 Å². The Morgan fingerprint density at radius 1 is 1.16 bits per heavy atom. The molecule has 1 fully saturated rings. The summed E-state index contributed by atoms with van der Waals surface area (Å²) >= 11 is 0.807. The third kappa shape index (κ3) is 3.71. The number of hydrogen-bond donors (Lipinski definition) is 1. The molecule has 1 aliphatic heterocycles. The number of hydrogen-bond acceptors (Lipinski definition) is 4. The van der Waals surface area contributed by atoms with Crippen LogP contribution >= 0.6 is 11.8 Å². The average molecular weight is 358 g/mol. The number of imide groups is 1. The van der Waals surface area contributed by atoms with Crippen molar-refractivity contribution in [2.45, 2.75) is 18.6 Å². The summed E-state index contributed by atoms with van der Waals surface area (Å²) in [5, 5.41) is 1.49. The van der Waals surface area contributed by atoms with E-state index < -0.39 is 22.2 Å². The molecule has 1 aliphatic rings. The summed E-state index contributed by atoms with van der Waals surface area (Å²) in [6.45, 7) is 1.87. The lowest BCUT2D eigenvalue weighted by molar-refractivity contribution is -0.121. The van der Waals surface area contributed by atoms with Crippen molar-refractivity contribution in [3.05, 3.63) is 59.9 Å². The lowest BCUT2D eigenvalue weighted by Crippen LogP contribution is -2.33. The second-order valence-electron chi connectivity index (χ2n) is 5.59. The molecule has 0 unspecified atom stereocenters. The lowest BCUT2D eigenvalue weighted by atomic mass is 10.2. The minimum Gasteiger partial charge on any atom is -0.326 e. The minimum absolute atomic E-state index is 0.110. The summed E-state index contributed by atoms with van der Waals surface area (Å²) < 4.78 is 13.0. The van der Waals surface area contributed by atoms with Gasteiger partial charge in [-0.2, -0.15) is 0 Å². The molecule has 2 aromatic rings. The van der Waals surface area contributed by atoms with Crippen molar-refractivity contribution in [2.75, 3.05) is 10.2 Å². The van der Waals surface area contributed by atoms with Crippen LogP contribution in [0.5, 0.6) is 0 Å². The number of para-hydroxylation sites is 1. The highest BCUT2D eigenvalue weighted by Crippen LogP contribution is 2.33. The maximum absolute atomic E-state index is 13.0. The fourth-order valence-electron chi connectivity index (χ4n) is 2.49. The molecule has 128 valence electrons. The Bertz CT molecular complexity index is 838. The van der Waals surface area contributed by atoms with Gasteiger partial charge >= 0.3 is 0 Å². The van der Waals surface area contributed by atoms with E-state index in [4.69, 9.17) is 0 Å². The van der Waals surface area contributed by atoms with E-state index in [2.05, 4.69) is 5.32 Å². The van der Waals surface area contributed by atoms with Gasteiger partial charge in [-0.05, 0) is 54.6 Å². The number of anilines is 2. The van der Waals surface area contributed by atoms with Gasteiger partial charge in [-0.15, -0.1) is 0 Å². The molecule has 2 aromatic carbocycles. The van der Waals surface area contributed by atoms with Crippen molar-refractivity contribution in [1.82, 2.24) is 0 Å². The van der Waals surface area contributed by atoms with Crippen LogP contribution in [0, 0.1) is 12.7 Å². The Hall–Kier alpha value is -2.67. The molecule has 0 spiro atoms. The van der Waals surface area contributed by atoms with Crippen LogP contribution in [-0.4, -0.2) is 22.3 Å². The van der Waals surface area contributed by atoms with Gasteiger partial charge < -0.3 is 5.32 Å². The molecule has 1 N–H and O–H groups in total. The number of nitrogens with zero attached hydrogens (tertiary/aromatic N) is 1. The summed E-state index contributed by atoms with van der Waals surface area (Å²) in [7, 11) is 0. The van der Waals surface area contributed by atoms with Gasteiger partial charge in [0.1, 0.15) is 11.1 Å². The molecule has 0 radical (unpaired) electrons. The molecule has 1 heterocycles. The summed E-state index contributed by atoms with van der Waals surface area (Å²) in [6.07, 6.45) is -0.110. The first-order valence-corrected chi connectivity index (χ1v) is 8.49. The molecule has 5 nitrogen and oxygen atoms in total. The Morgan fingerprint density at radius 3 is 2.52 bits per heavy atom. The fourth-order valence-corrected chi connectivity index (χ4v) is 3.48. The number of aryl methyl sites for hydroxylation is 1. The Kier molecular flexibility index (Phi) is 4.85. The zero-order chi connectivity index (χ0) is 18.0. The van der Waals surface area contributed by atoms with Gasteiger partial charge in [0.05, 0.1) is 5.69 Å². The highest BCUT2D eigenvalue weighted by molar-refractivity contribution is 8.15. The first kappa shape index (κ1) is 17.2. The lowest BCUT2D eigenvalue weighted by Gasteiger charge is -2.14.